The number of ether oxygens (including phenoxy) is 1. The zero-order chi connectivity index (χ0) is 13.8. The van der Waals surface area contributed by atoms with E-state index < -0.39 is 12.9 Å². The third-order valence-corrected chi connectivity index (χ3v) is 2.78. The minimum atomic E-state index is -1.83. The molecule has 0 saturated carbocycles. The van der Waals surface area contributed by atoms with E-state index in [0.29, 0.717) is 10.8 Å². The predicted molar refractivity (Wildman–Crippen MR) is 72.0 cm³/mol. The van der Waals surface area contributed by atoms with Crippen molar-refractivity contribution >= 4 is 24.2 Å². The average Bonchev–Trinajstić information content (AvgIpc) is 2.36. The fourth-order valence-corrected chi connectivity index (χ4v) is 1.81. The van der Waals surface area contributed by atoms with Gasteiger partial charge in [-0.3, -0.25) is 0 Å². The monoisotopic (exact) mass is 280 g/mol. The molecule has 0 fully saturated rings. The summed E-state index contributed by atoms with van der Waals surface area (Å²) in [5.74, 6) is -0.416. The van der Waals surface area contributed by atoms with Crippen LogP contribution in [-0.2, 0) is 6.61 Å². The molecule has 0 aliphatic rings. The van der Waals surface area contributed by atoms with Gasteiger partial charge in [-0.15, -0.1) is 0 Å². The summed E-state index contributed by atoms with van der Waals surface area (Å²) < 4.78 is 18.9. The van der Waals surface area contributed by atoms with E-state index in [1.54, 1.807) is 18.2 Å². The quantitative estimate of drug-likeness (QED) is 0.839. The third kappa shape index (κ3) is 3.70. The normalized spacial score (nSPS) is 10.3. The van der Waals surface area contributed by atoms with E-state index in [-0.39, 0.29) is 12.1 Å². The van der Waals surface area contributed by atoms with Crippen molar-refractivity contribution in [2.24, 2.45) is 0 Å². The Morgan fingerprint density at radius 1 is 1.16 bits per heavy atom. The Balaban J connectivity index is 2.06. The molecule has 19 heavy (non-hydrogen) atoms. The van der Waals surface area contributed by atoms with Crippen molar-refractivity contribution in [3.05, 3.63) is 58.9 Å². The maximum atomic E-state index is 13.5. The SMILES string of the molecule is OB(O)c1ccc(OCc2cccc(Cl)c2)cc1F. The fourth-order valence-electron chi connectivity index (χ4n) is 1.60. The van der Waals surface area contributed by atoms with Crippen molar-refractivity contribution in [3.63, 3.8) is 0 Å². The number of halogens is 2. The first kappa shape index (κ1) is 13.9. The smallest absolute Gasteiger partial charge is 0.489 e. The van der Waals surface area contributed by atoms with E-state index in [0.717, 1.165) is 11.6 Å². The predicted octanol–water partition coefficient (Wildman–Crippen LogP) is 1.74. The van der Waals surface area contributed by atoms with Crippen molar-refractivity contribution in [2.45, 2.75) is 6.61 Å². The maximum absolute atomic E-state index is 13.5. The molecule has 0 saturated heterocycles. The molecule has 0 atom stereocenters. The molecule has 0 radical (unpaired) electrons. The van der Waals surface area contributed by atoms with Gasteiger partial charge in [-0.05, 0) is 23.8 Å². The number of benzene rings is 2. The molecule has 6 heteroatoms. The molecule has 0 heterocycles. The Morgan fingerprint density at radius 2 is 1.95 bits per heavy atom. The minimum Gasteiger partial charge on any atom is -0.489 e. The van der Waals surface area contributed by atoms with Gasteiger partial charge in [0.25, 0.3) is 0 Å². The second-order valence-electron chi connectivity index (χ2n) is 3.98. The van der Waals surface area contributed by atoms with E-state index in [1.807, 2.05) is 6.07 Å². The van der Waals surface area contributed by atoms with Crippen LogP contribution in [0.15, 0.2) is 42.5 Å². The lowest BCUT2D eigenvalue weighted by atomic mass is 9.80. The van der Waals surface area contributed by atoms with Crippen molar-refractivity contribution in [3.8, 4) is 5.75 Å². The molecule has 0 unspecified atom stereocenters. The molecule has 0 amide bonds. The number of hydrogen-bond acceptors (Lipinski definition) is 3. The number of rotatable bonds is 4. The van der Waals surface area contributed by atoms with Gasteiger partial charge in [-0.1, -0.05) is 29.8 Å². The zero-order valence-electron chi connectivity index (χ0n) is 9.88. The highest BCUT2D eigenvalue weighted by atomic mass is 35.5. The van der Waals surface area contributed by atoms with Gasteiger partial charge >= 0.3 is 7.12 Å². The topological polar surface area (TPSA) is 49.7 Å². The molecule has 0 aliphatic heterocycles. The molecule has 2 N–H and O–H groups in total. The third-order valence-electron chi connectivity index (χ3n) is 2.54. The molecule has 0 bridgehead atoms. The Kier molecular flexibility index (Phi) is 4.42. The highest BCUT2D eigenvalue weighted by molar-refractivity contribution is 6.58. The first-order valence-corrected chi connectivity index (χ1v) is 5.97. The van der Waals surface area contributed by atoms with Crippen molar-refractivity contribution in [2.75, 3.05) is 0 Å². The molecular weight excluding hydrogens is 269 g/mol. The average molecular weight is 280 g/mol. The summed E-state index contributed by atoms with van der Waals surface area (Å²) in [4.78, 5) is 0. The number of hydrogen-bond donors (Lipinski definition) is 2. The summed E-state index contributed by atoms with van der Waals surface area (Å²) in [6, 6.07) is 11.0. The first-order valence-electron chi connectivity index (χ1n) is 5.59. The lowest BCUT2D eigenvalue weighted by Gasteiger charge is -2.08. The van der Waals surface area contributed by atoms with E-state index in [9.17, 15) is 4.39 Å². The van der Waals surface area contributed by atoms with Crippen LogP contribution in [0, 0.1) is 5.82 Å². The fraction of sp³-hybridized carbons (Fsp3) is 0.0769. The summed E-state index contributed by atoms with van der Waals surface area (Å²) in [5.41, 5.74) is 0.675. The van der Waals surface area contributed by atoms with Crippen molar-refractivity contribution in [1.29, 1.82) is 0 Å². The first-order chi connectivity index (χ1) is 9.06. The standard InChI is InChI=1S/C13H11BClFO3/c15-10-3-1-2-9(6-10)8-19-11-4-5-12(14(17)18)13(16)7-11/h1-7,17-18H,8H2. The highest BCUT2D eigenvalue weighted by Gasteiger charge is 2.16. The van der Waals surface area contributed by atoms with E-state index in [1.165, 1.54) is 12.1 Å². The van der Waals surface area contributed by atoms with Gasteiger partial charge in [0, 0.05) is 16.6 Å². The highest BCUT2D eigenvalue weighted by Crippen LogP contribution is 2.15. The molecule has 2 rings (SSSR count). The van der Waals surface area contributed by atoms with Gasteiger partial charge in [-0.2, -0.15) is 0 Å². The minimum absolute atomic E-state index is 0.185. The van der Waals surface area contributed by atoms with Crippen LogP contribution in [0.1, 0.15) is 5.56 Å². The molecule has 2 aromatic carbocycles. The van der Waals surface area contributed by atoms with Crippen LogP contribution in [0.25, 0.3) is 0 Å². The van der Waals surface area contributed by atoms with Crippen molar-refractivity contribution in [1.82, 2.24) is 0 Å². The summed E-state index contributed by atoms with van der Waals surface area (Å²) in [5, 5.41) is 18.4. The van der Waals surface area contributed by atoms with Gasteiger partial charge in [0.1, 0.15) is 18.2 Å². The van der Waals surface area contributed by atoms with E-state index in [2.05, 4.69) is 0 Å². The second kappa shape index (κ2) is 6.06. The van der Waals surface area contributed by atoms with Crippen LogP contribution in [0.5, 0.6) is 5.75 Å². The van der Waals surface area contributed by atoms with Crippen LogP contribution in [0.4, 0.5) is 4.39 Å². The molecule has 0 aliphatic carbocycles. The van der Waals surface area contributed by atoms with Crippen molar-refractivity contribution < 1.29 is 19.2 Å². The summed E-state index contributed by atoms with van der Waals surface area (Å²) in [7, 11) is -1.83. The van der Waals surface area contributed by atoms with Crippen LogP contribution >= 0.6 is 11.6 Å². The summed E-state index contributed by atoms with van der Waals surface area (Å²) in [6.45, 7) is 0.251. The Bertz CT molecular complexity index is 578. The van der Waals surface area contributed by atoms with Gasteiger partial charge in [0.2, 0.25) is 0 Å². The molecule has 0 aromatic heterocycles. The molecule has 3 nitrogen and oxygen atoms in total. The van der Waals surface area contributed by atoms with Gasteiger partial charge in [0.15, 0.2) is 0 Å². The van der Waals surface area contributed by atoms with Gasteiger partial charge in [0.05, 0.1) is 0 Å². The Labute approximate surface area is 115 Å². The second-order valence-corrected chi connectivity index (χ2v) is 4.41. The lowest BCUT2D eigenvalue weighted by molar-refractivity contribution is 0.304. The van der Waals surface area contributed by atoms with E-state index in [4.69, 9.17) is 26.4 Å². The molecule has 0 spiro atoms. The molecule has 98 valence electrons. The summed E-state index contributed by atoms with van der Waals surface area (Å²) in [6.07, 6.45) is 0. The van der Waals surface area contributed by atoms with E-state index >= 15 is 0 Å². The van der Waals surface area contributed by atoms with Crippen LogP contribution in [0.3, 0.4) is 0 Å². The van der Waals surface area contributed by atoms with Crippen LogP contribution < -0.4 is 10.2 Å². The Hall–Kier alpha value is -1.56. The largest absolute Gasteiger partial charge is 0.491 e. The molecule has 2 aromatic rings. The van der Waals surface area contributed by atoms with Crippen LogP contribution in [0.2, 0.25) is 5.02 Å². The zero-order valence-corrected chi connectivity index (χ0v) is 10.6. The summed E-state index contributed by atoms with van der Waals surface area (Å²) >= 11 is 5.84. The maximum Gasteiger partial charge on any atom is 0.491 e. The van der Waals surface area contributed by atoms with Gasteiger partial charge < -0.3 is 14.8 Å². The van der Waals surface area contributed by atoms with Gasteiger partial charge in [-0.25, -0.2) is 4.39 Å². The lowest BCUT2D eigenvalue weighted by Crippen LogP contribution is -2.32. The van der Waals surface area contributed by atoms with Crippen LogP contribution in [-0.4, -0.2) is 17.2 Å². The Morgan fingerprint density at radius 3 is 2.58 bits per heavy atom. The molecular formula is C13H11BClFO3.